The molecule has 0 spiro atoms. The Kier molecular flexibility index (Phi) is 3.88. The van der Waals surface area contributed by atoms with Crippen LogP contribution >= 0.6 is 11.3 Å². The van der Waals surface area contributed by atoms with Gasteiger partial charge >= 0.3 is 0 Å². The van der Waals surface area contributed by atoms with Crippen LogP contribution in [0.15, 0.2) is 48.1 Å². The van der Waals surface area contributed by atoms with E-state index in [2.05, 4.69) is 61.5 Å². The molecule has 2 fully saturated rings. The summed E-state index contributed by atoms with van der Waals surface area (Å²) in [4.78, 5) is 15.0. The minimum atomic E-state index is 0.355. The van der Waals surface area contributed by atoms with E-state index < -0.39 is 0 Å². The number of hydrogen-bond donors (Lipinski definition) is 0. The van der Waals surface area contributed by atoms with Gasteiger partial charge in [0.2, 0.25) is 0 Å². The summed E-state index contributed by atoms with van der Waals surface area (Å²) >= 11 is 1.67. The normalized spacial score (nSPS) is 24.4. The maximum Gasteiger partial charge on any atom is 0.140 e. The quantitative estimate of drug-likeness (QED) is 0.709. The summed E-state index contributed by atoms with van der Waals surface area (Å²) in [6.45, 7) is 4.54. The van der Waals surface area contributed by atoms with Crippen molar-refractivity contribution in [2.24, 2.45) is 0 Å². The molecule has 0 unspecified atom stereocenters. The summed E-state index contributed by atoms with van der Waals surface area (Å²) in [5.41, 5.74) is 1.35. The summed E-state index contributed by atoms with van der Waals surface area (Å²) in [5.74, 6) is 1.06. The fourth-order valence-electron chi connectivity index (χ4n) is 4.02. The van der Waals surface area contributed by atoms with Gasteiger partial charge in [0.15, 0.2) is 0 Å². The molecule has 2 aromatic heterocycles. The molecule has 2 atom stereocenters. The standard InChI is InChI=1S/C19H20N4OS/c1-2-4-14(5-3-1)17-12-24-11-15-10-22(7-8-23(15)17)18-16-6-9-25-19(16)21-13-20-18/h1-6,9,13,15,17H,7-8,10-12H2/t15-,17-/m1/s1. The van der Waals surface area contributed by atoms with E-state index in [-0.39, 0.29) is 0 Å². The van der Waals surface area contributed by atoms with E-state index in [9.17, 15) is 0 Å². The van der Waals surface area contributed by atoms with Crippen LogP contribution in [0.5, 0.6) is 0 Å². The summed E-state index contributed by atoms with van der Waals surface area (Å²) in [7, 11) is 0. The Bertz CT molecular complexity index is 868. The summed E-state index contributed by atoms with van der Waals surface area (Å²) in [6, 6.07) is 13.6. The van der Waals surface area contributed by atoms with Crippen molar-refractivity contribution in [3.63, 3.8) is 0 Å². The Labute approximate surface area is 150 Å². The molecule has 2 aliphatic rings. The van der Waals surface area contributed by atoms with Gasteiger partial charge in [0, 0.05) is 19.6 Å². The molecular formula is C19H20N4OS. The van der Waals surface area contributed by atoms with Gasteiger partial charge in [-0.05, 0) is 17.0 Å². The number of morpholine rings is 1. The lowest BCUT2D eigenvalue weighted by molar-refractivity contribution is -0.0547. The third-order valence-corrected chi connectivity index (χ3v) is 6.06. The molecule has 1 aromatic carbocycles. The lowest BCUT2D eigenvalue weighted by Crippen LogP contribution is -2.59. The number of thiophene rings is 1. The van der Waals surface area contributed by atoms with Crippen LogP contribution in [0.1, 0.15) is 11.6 Å². The summed E-state index contributed by atoms with van der Waals surface area (Å²) in [5, 5.41) is 3.26. The smallest absolute Gasteiger partial charge is 0.140 e. The molecule has 2 saturated heterocycles. The molecule has 2 aliphatic heterocycles. The average molecular weight is 352 g/mol. The number of piperazine rings is 1. The minimum absolute atomic E-state index is 0.355. The van der Waals surface area contributed by atoms with Crippen LogP contribution in [0.3, 0.4) is 0 Å². The second-order valence-corrected chi connectivity index (χ2v) is 7.53. The van der Waals surface area contributed by atoms with Gasteiger partial charge in [0.05, 0.1) is 30.7 Å². The molecule has 0 aliphatic carbocycles. The topological polar surface area (TPSA) is 41.5 Å². The molecule has 0 bridgehead atoms. The Hall–Kier alpha value is -2.02. The third kappa shape index (κ3) is 2.70. The van der Waals surface area contributed by atoms with Crippen LogP contribution < -0.4 is 4.90 Å². The number of hydrogen-bond acceptors (Lipinski definition) is 6. The predicted molar refractivity (Wildman–Crippen MR) is 100 cm³/mol. The SMILES string of the molecule is c1ccc([C@H]2COC[C@H]3CN(c4ncnc5sccc45)CCN32)cc1. The van der Waals surface area contributed by atoms with E-state index in [0.717, 1.165) is 48.9 Å². The molecule has 6 heteroatoms. The average Bonchev–Trinajstić information content (AvgIpc) is 3.16. The van der Waals surface area contributed by atoms with E-state index in [4.69, 9.17) is 4.74 Å². The number of anilines is 1. The number of fused-ring (bicyclic) bond motifs is 2. The molecule has 0 amide bonds. The zero-order valence-electron chi connectivity index (χ0n) is 13.9. The zero-order chi connectivity index (χ0) is 16.6. The largest absolute Gasteiger partial charge is 0.378 e. The Morgan fingerprint density at radius 3 is 2.88 bits per heavy atom. The van der Waals surface area contributed by atoms with Crippen molar-refractivity contribution >= 4 is 27.4 Å². The highest BCUT2D eigenvalue weighted by molar-refractivity contribution is 7.16. The number of benzene rings is 1. The molecule has 25 heavy (non-hydrogen) atoms. The third-order valence-electron chi connectivity index (χ3n) is 5.24. The predicted octanol–water partition coefficient (Wildman–Crippen LogP) is 2.95. The fraction of sp³-hybridized carbons (Fsp3) is 0.368. The Morgan fingerprint density at radius 1 is 1.04 bits per heavy atom. The van der Waals surface area contributed by atoms with Crippen molar-refractivity contribution in [1.29, 1.82) is 0 Å². The summed E-state index contributed by atoms with van der Waals surface area (Å²) < 4.78 is 5.96. The fourth-order valence-corrected chi connectivity index (χ4v) is 4.75. The van der Waals surface area contributed by atoms with Crippen LogP contribution in [0.4, 0.5) is 5.82 Å². The molecule has 0 radical (unpaired) electrons. The van der Waals surface area contributed by atoms with E-state index in [1.165, 1.54) is 5.56 Å². The first-order chi connectivity index (χ1) is 12.4. The Morgan fingerprint density at radius 2 is 1.96 bits per heavy atom. The van der Waals surface area contributed by atoms with Gasteiger partial charge in [-0.2, -0.15) is 0 Å². The van der Waals surface area contributed by atoms with E-state index in [0.29, 0.717) is 12.1 Å². The minimum Gasteiger partial charge on any atom is -0.378 e. The second-order valence-electron chi connectivity index (χ2n) is 6.64. The van der Waals surface area contributed by atoms with Crippen molar-refractivity contribution in [2.45, 2.75) is 12.1 Å². The van der Waals surface area contributed by atoms with Gasteiger partial charge in [0.1, 0.15) is 17.0 Å². The van der Waals surface area contributed by atoms with Crippen LogP contribution in [-0.2, 0) is 4.74 Å². The second kappa shape index (κ2) is 6.37. The molecule has 128 valence electrons. The first kappa shape index (κ1) is 15.3. The highest BCUT2D eigenvalue weighted by Gasteiger charge is 2.37. The zero-order valence-corrected chi connectivity index (χ0v) is 14.7. The maximum atomic E-state index is 5.96. The lowest BCUT2D eigenvalue weighted by Gasteiger charge is -2.48. The molecule has 5 rings (SSSR count). The lowest BCUT2D eigenvalue weighted by atomic mass is 10.00. The highest BCUT2D eigenvalue weighted by atomic mass is 32.1. The van der Waals surface area contributed by atoms with Gasteiger partial charge < -0.3 is 9.64 Å². The van der Waals surface area contributed by atoms with E-state index in [1.54, 1.807) is 17.7 Å². The van der Waals surface area contributed by atoms with Crippen LogP contribution in [0.25, 0.3) is 10.2 Å². The van der Waals surface area contributed by atoms with Crippen molar-refractivity contribution < 1.29 is 4.74 Å². The van der Waals surface area contributed by atoms with Crippen LogP contribution in [0.2, 0.25) is 0 Å². The molecule has 5 nitrogen and oxygen atoms in total. The number of aromatic nitrogens is 2. The van der Waals surface area contributed by atoms with Gasteiger partial charge in [-0.3, -0.25) is 4.90 Å². The van der Waals surface area contributed by atoms with Crippen molar-refractivity contribution in [2.75, 3.05) is 37.7 Å². The van der Waals surface area contributed by atoms with Gasteiger partial charge in [-0.25, -0.2) is 9.97 Å². The number of nitrogens with zero attached hydrogens (tertiary/aromatic N) is 4. The first-order valence-corrected chi connectivity index (χ1v) is 9.60. The molecule has 0 N–H and O–H groups in total. The molecular weight excluding hydrogens is 332 g/mol. The van der Waals surface area contributed by atoms with Crippen LogP contribution in [0, 0.1) is 0 Å². The molecule has 0 saturated carbocycles. The number of rotatable bonds is 2. The Balaban J connectivity index is 1.41. The van der Waals surface area contributed by atoms with Gasteiger partial charge in [0.25, 0.3) is 0 Å². The van der Waals surface area contributed by atoms with Gasteiger partial charge in [-0.15, -0.1) is 11.3 Å². The van der Waals surface area contributed by atoms with Crippen molar-refractivity contribution in [3.8, 4) is 0 Å². The van der Waals surface area contributed by atoms with Crippen molar-refractivity contribution in [3.05, 3.63) is 53.7 Å². The van der Waals surface area contributed by atoms with E-state index in [1.807, 2.05) is 0 Å². The first-order valence-electron chi connectivity index (χ1n) is 8.72. The maximum absolute atomic E-state index is 5.96. The van der Waals surface area contributed by atoms with Crippen LogP contribution in [-0.4, -0.2) is 53.8 Å². The number of ether oxygens (including phenoxy) is 1. The summed E-state index contributed by atoms with van der Waals surface area (Å²) in [6.07, 6.45) is 1.69. The molecule has 3 aromatic rings. The highest BCUT2D eigenvalue weighted by Crippen LogP contribution is 2.33. The molecule has 4 heterocycles. The monoisotopic (exact) mass is 352 g/mol. The van der Waals surface area contributed by atoms with Gasteiger partial charge in [-0.1, -0.05) is 30.3 Å². The van der Waals surface area contributed by atoms with E-state index >= 15 is 0 Å². The van der Waals surface area contributed by atoms with Crippen molar-refractivity contribution in [1.82, 2.24) is 14.9 Å².